The van der Waals surface area contributed by atoms with Crippen molar-refractivity contribution in [1.29, 1.82) is 0 Å². The van der Waals surface area contributed by atoms with Crippen molar-refractivity contribution in [3.8, 4) is 0 Å². The molecule has 0 fully saturated rings. The van der Waals surface area contributed by atoms with E-state index in [9.17, 15) is 0 Å². The molecule has 21 heavy (non-hydrogen) atoms. The first-order valence-corrected chi connectivity index (χ1v) is 7.92. The molecule has 1 unspecified atom stereocenters. The van der Waals surface area contributed by atoms with Gasteiger partial charge in [-0.1, -0.05) is 12.1 Å². The number of benzene rings is 1. The van der Waals surface area contributed by atoms with Crippen molar-refractivity contribution in [3.63, 3.8) is 0 Å². The predicted molar refractivity (Wildman–Crippen MR) is 86.0 cm³/mol. The maximum Gasteiger partial charge on any atom is 0.111 e. The molecule has 3 aromatic rings. The van der Waals surface area contributed by atoms with Crippen LogP contribution >= 0.6 is 11.3 Å². The lowest BCUT2D eigenvalue weighted by molar-refractivity contribution is 0.530. The number of rotatable bonds is 5. The number of thiazole rings is 1. The summed E-state index contributed by atoms with van der Waals surface area (Å²) < 4.78 is 2.25. The van der Waals surface area contributed by atoms with Gasteiger partial charge in [-0.25, -0.2) is 9.97 Å². The Morgan fingerprint density at radius 3 is 2.86 bits per heavy atom. The number of hydrogen-bond donors (Lipinski definition) is 2. The first-order chi connectivity index (χ1) is 10.2. The predicted octanol–water partition coefficient (Wildman–Crippen LogP) is 2.57. The largest absolute Gasteiger partial charge is 0.328 e. The molecule has 0 spiro atoms. The van der Waals surface area contributed by atoms with Crippen molar-refractivity contribution in [2.24, 2.45) is 5.84 Å². The molecule has 3 N–H and O–H groups in total. The highest BCUT2D eigenvalue weighted by Crippen LogP contribution is 2.26. The van der Waals surface area contributed by atoms with E-state index in [1.165, 1.54) is 10.4 Å². The van der Waals surface area contributed by atoms with E-state index < -0.39 is 0 Å². The van der Waals surface area contributed by atoms with Crippen molar-refractivity contribution in [2.75, 3.05) is 0 Å². The zero-order valence-electron chi connectivity index (χ0n) is 12.2. The third-order valence-corrected chi connectivity index (χ3v) is 4.78. The molecule has 0 aliphatic carbocycles. The lowest BCUT2D eigenvalue weighted by Crippen LogP contribution is -2.30. The highest BCUT2D eigenvalue weighted by atomic mass is 32.1. The van der Waals surface area contributed by atoms with Gasteiger partial charge < -0.3 is 4.57 Å². The molecule has 3 rings (SSSR count). The highest BCUT2D eigenvalue weighted by Gasteiger charge is 2.19. The fraction of sp³-hybridized carbons (Fsp3) is 0.333. The van der Waals surface area contributed by atoms with Gasteiger partial charge in [0.15, 0.2) is 0 Å². The smallest absolute Gasteiger partial charge is 0.111 e. The first kappa shape index (κ1) is 14.2. The molecule has 0 saturated heterocycles. The Morgan fingerprint density at radius 1 is 1.38 bits per heavy atom. The van der Waals surface area contributed by atoms with E-state index in [-0.39, 0.29) is 6.04 Å². The second-order valence-electron chi connectivity index (χ2n) is 4.99. The van der Waals surface area contributed by atoms with Crippen LogP contribution in [0.2, 0.25) is 0 Å². The third kappa shape index (κ3) is 2.57. The summed E-state index contributed by atoms with van der Waals surface area (Å²) in [4.78, 5) is 10.2. The van der Waals surface area contributed by atoms with Crippen molar-refractivity contribution in [1.82, 2.24) is 20.0 Å². The van der Waals surface area contributed by atoms with Crippen LogP contribution in [-0.4, -0.2) is 14.5 Å². The number of hydrazine groups is 1. The van der Waals surface area contributed by atoms with Gasteiger partial charge >= 0.3 is 0 Å². The molecule has 2 aromatic heterocycles. The second kappa shape index (κ2) is 5.93. The number of para-hydroxylation sites is 2. The Labute approximate surface area is 127 Å². The third-order valence-electron chi connectivity index (χ3n) is 3.74. The number of hydrogen-bond acceptors (Lipinski definition) is 5. The zero-order valence-corrected chi connectivity index (χ0v) is 13.0. The molecule has 0 aliphatic heterocycles. The molecule has 2 heterocycles. The molecular weight excluding hydrogens is 282 g/mol. The van der Waals surface area contributed by atoms with E-state index in [0.29, 0.717) is 0 Å². The highest BCUT2D eigenvalue weighted by molar-refractivity contribution is 7.09. The molecule has 110 valence electrons. The van der Waals surface area contributed by atoms with Gasteiger partial charge in [0, 0.05) is 17.8 Å². The van der Waals surface area contributed by atoms with Crippen molar-refractivity contribution in [3.05, 3.63) is 46.2 Å². The van der Waals surface area contributed by atoms with Crippen LogP contribution in [-0.2, 0) is 13.0 Å². The van der Waals surface area contributed by atoms with Gasteiger partial charge in [0.2, 0.25) is 0 Å². The monoisotopic (exact) mass is 301 g/mol. The number of fused-ring (bicyclic) bond motifs is 1. The zero-order chi connectivity index (χ0) is 14.8. The van der Waals surface area contributed by atoms with Gasteiger partial charge in [-0.05, 0) is 26.0 Å². The standard InChI is InChI=1S/C15H19N5S/c1-3-20-13-7-5-4-6-11(13)18-14(20)8-12(19-16)15-10(2)17-9-21-15/h4-7,9,12,19H,3,8,16H2,1-2H3. The van der Waals surface area contributed by atoms with Gasteiger partial charge in [-0.15, -0.1) is 11.3 Å². The Bertz CT molecular complexity index is 745. The fourth-order valence-corrected chi connectivity index (χ4v) is 3.55. The average Bonchev–Trinajstić information content (AvgIpc) is 3.07. The molecule has 1 aromatic carbocycles. The van der Waals surface area contributed by atoms with Crippen LogP contribution in [0.4, 0.5) is 0 Å². The minimum atomic E-state index is 0.0413. The first-order valence-electron chi connectivity index (χ1n) is 7.04. The quantitative estimate of drug-likeness (QED) is 0.561. The van der Waals surface area contributed by atoms with Crippen LogP contribution in [0, 0.1) is 6.92 Å². The molecule has 6 heteroatoms. The summed E-state index contributed by atoms with van der Waals surface area (Å²) in [6.07, 6.45) is 0.752. The molecule has 0 radical (unpaired) electrons. The van der Waals surface area contributed by atoms with Crippen LogP contribution in [0.25, 0.3) is 11.0 Å². The summed E-state index contributed by atoms with van der Waals surface area (Å²) in [6.45, 7) is 5.05. The Kier molecular flexibility index (Phi) is 4.01. The maximum absolute atomic E-state index is 5.76. The summed E-state index contributed by atoms with van der Waals surface area (Å²) in [7, 11) is 0. The Hall–Kier alpha value is -1.76. The Morgan fingerprint density at radius 2 is 2.19 bits per heavy atom. The van der Waals surface area contributed by atoms with E-state index >= 15 is 0 Å². The van der Waals surface area contributed by atoms with Crippen LogP contribution in [0.5, 0.6) is 0 Å². The van der Waals surface area contributed by atoms with Crippen molar-refractivity contribution >= 4 is 22.4 Å². The SMILES string of the molecule is CCn1c(CC(NN)c2scnc2C)nc2ccccc21. The van der Waals surface area contributed by atoms with Crippen LogP contribution in [0.15, 0.2) is 29.8 Å². The molecule has 0 bridgehead atoms. The van der Waals surface area contributed by atoms with E-state index in [2.05, 4.69) is 28.0 Å². The summed E-state index contributed by atoms with van der Waals surface area (Å²) in [6, 6.07) is 8.27. The molecule has 0 aliphatic rings. The number of nitrogens with one attached hydrogen (secondary N) is 1. The van der Waals surface area contributed by atoms with Crippen molar-refractivity contribution < 1.29 is 0 Å². The fourth-order valence-electron chi connectivity index (χ4n) is 2.69. The number of imidazole rings is 1. The van der Waals surface area contributed by atoms with Crippen LogP contribution in [0.3, 0.4) is 0 Å². The summed E-state index contributed by atoms with van der Waals surface area (Å²) in [5.74, 6) is 6.81. The van der Waals surface area contributed by atoms with Gasteiger partial charge in [0.1, 0.15) is 5.82 Å². The molecule has 0 saturated carbocycles. The van der Waals surface area contributed by atoms with Crippen LogP contribution in [0.1, 0.15) is 29.4 Å². The molecule has 1 atom stereocenters. The normalized spacial score (nSPS) is 12.9. The second-order valence-corrected chi connectivity index (χ2v) is 5.87. The topological polar surface area (TPSA) is 68.8 Å². The van der Waals surface area contributed by atoms with E-state index in [0.717, 1.165) is 30.0 Å². The number of nitrogens with two attached hydrogens (primary N) is 1. The molecular formula is C15H19N5S. The van der Waals surface area contributed by atoms with Gasteiger partial charge in [0.05, 0.1) is 28.3 Å². The number of nitrogens with zero attached hydrogens (tertiary/aromatic N) is 3. The summed E-state index contributed by atoms with van der Waals surface area (Å²) >= 11 is 1.63. The van der Waals surface area contributed by atoms with Gasteiger partial charge in [-0.2, -0.15) is 0 Å². The van der Waals surface area contributed by atoms with Crippen LogP contribution < -0.4 is 11.3 Å². The number of aryl methyl sites for hydroxylation is 2. The van der Waals surface area contributed by atoms with Crippen molar-refractivity contribution in [2.45, 2.75) is 32.9 Å². The Balaban J connectivity index is 1.98. The van der Waals surface area contributed by atoms with Gasteiger partial charge in [0.25, 0.3) is 0 Å². The summed E-state index contributed by atoms with van der Waals surface area (Å²) in [5, 5.41) is 0. The average molecular weight is 301 g/mol. The van der Waals surface area contributed by atoms with Gasteiger partial charge in [-0.3, -0.25) is 11.3 Å². The number of aromatic nitrogens is 3. The minimum absolute atomic E-state index is 0.0413. The molecule has 5 nitrogen and oxygen atoms in total. The van der Waals surface area contributed by atoms with E-state index in [1.54, 1.807) is 11.3 Å². The molecule has 0 amide bonds. The maximum atomic E-state index is 5.76. The minimum Gasteiger partial charge on any atom is -0.328 e. The van der Waals surface area contributed by atoms with E-state index in [4.69, 9.17) is 10.8 Å². The lowest BCUT2D eigenvalue weighted by Gasteiger charge is -2.15. The van der Waals surface area contributed by atoms with E-state index in [1.807, 2.05) is 30.6 Å². The lowest BCUT2D eigenvalue weighted by atomic mass is 10.1. The summed E-state index contributed by atoms with van der Waals surface area (Å²) in [5.41, 5.74) is 8.00.